The number of aromatic nitrogens is 2. The fraction of sp³-hybridized carbons (Fsp3) is 0.500. The Balaban J connectivity index is 1.42. The molecule has 16 nitrogen and oxygen atoms in total. The molecule has 0 saturated carbocycles. The minimum atomic E-state index is -0.971. The molecular weight excluding hydrogens is 717 g/mol. The van der Waals surface area contributed by atoms with Crippen molar-refractivity contribution >= 4 is 35.4 Å². The number of carbonyl (C=O) groups is 6. The molecule has 6 amide bonds. The Morgan fingerprint density at radius 3 is 1.45 bits per heavy atom. The predicted molar refractivity (Wildman–Crippen MR) is 208 cm³/mol. The highest BCUT2D eigenvalue weighted by Crippen LogP contribution is 2.20. The van der Waals surface area contributed by atoms with Crippen LogP contribution >= 0.6 is 0 Å². The summed E-state index contributed by atoms with van der Waals surface area (Å²) in [4.78, 5) is 90.1. The summed E-state index contributed by atoms with van der Waals surface area (Å²) in [5.41, 5.74) is 0.554. The van der Waals surface area contributed by atoms with Gasteiger partial charge in [0, 0.05) is 63.5 Å². The number of likely N-dealkylation sites (tertiary alicyclic amines) is 2. The zero-order valence-electron chi connectivity index (χ0n) is 32.4. The van der Waals surface area contributed by atoms with E-state index >= 15 is 0 Å². The summed E-state index contributed by atoms with van der Waals surface area (Å²) in [7, 11) is 3.28. The van der Waals surface area contributed by atoms with E-state index < -0.39 is 24.2 Å². The second kappa shape index (κ2) is 21.9. The van der Waals surface area contributed by atoms with Crippen LogP contribution < -0.4 is 31.9 Å². The average molecular weight is 769 g/mol. The number of amides is 6. The van der Waals surface area contributed by atoms with Crippen LogP contribution in [0.25, 0.3) is 0 Å². The lowest BCUT2D eigenvalue weighted by Crippen LogP contribution is -2.54. The third-order valence-electron chi connectivity index (χ3n) is 9.85. The van der Waals surface area contributed by atoms with E-state index in [1.807, 2.05) is 0 Å². The van der Waals surface area contributed by atoms with Crippen LogP contribution in [0.2, 0.25) is 0 Å². The van der Waals surface area contributed by atoms with E-state index in [1.165, 1.54) is 12.4 Å². The van der Waals surface area contributed by atoms with Crippen molar-refractivity contribution in [1.82, 2.24) is 51.7 Å². The van der Waals surface area contributed by atoms with Crippen molar-refractivity contribution in [2.24, 2.45) is 0 Å². The highest BCUT2D eigenvalue weighted by Gasteiger charge is 2.36. The normalized spacial score (nSPS) is 18.1. The molecule has 0 unspecified atom stereocenters. The van der Waals surface area contributed by atoms with E-state index in [4.69, 9.17) is 0 Å². The summed E-state index contributed by atoms with van der Waals surface area (Å²) in [5, 5.41) is 17.1. The summed E-state index contributed by atoms with van der Waals surface area (Å²) in [6.07, 6.45) is 5.85. The maximum atomic E-state index is 13.8. The molecule has 0 aromatic carbocycles. The third kappa shape index (κ3) is 12.3. The zero-order chi connectivity index (χ0) is 40.5. The summed E-state index contributed by atoms with van der Waals surface area (Å²) < 4.78 is 0. The molecule has 298 valence electrons. The first-order valence-corrected chi connectivity index (χ1v) is 18.9. The number of likely N-dealkylation sites (N-methyl/N-ethyl adjacent to an activating group) is 2. The van der Waals surface area contributed by atoms with Crippen molar-refractivity contribution in [2.75, 3.05) is 40.3 Å². The lowest BCUT2D eigenvalue weighted by Gasteiger charge is -2.29. The SMILES string of the molecule is CN[C@@H](C)C(=O)N[C@@H](CC#CC#CC[C@H](NC(=O)[C@H](C)NC)C(=O)N1CCC[C@H]1CNC(=O)c1ccccn1)C(=O)N1CCC[C@H]1CNC(=O)c1ccccn1. The molecular formula is C40H52N10O6. The molecule has 2 fully saturated rings. The fourth-order valence-electron chi connectivity index (χ4n) is 6.32. The highest BCUT2D eigenvalue weighted by molar-refractivity contribution is 5.93. The Labute approximate surface area is 328 Å². The van der Waals surface area contributed by atoms with Crippen LogP contribution in [-0.4, -0.2) is 132 Å². The lowest BCUT2D eigenvalue weighted by atomic mass is 10.1. The van der Waals surface area contributed by atoms with E-state index in [1.54, 1.807) is 74.1 Å². The van der Waals surface area contributed by atoms with Crippen molar-refractivity contribution in [1.29, 1.82) is 0 Å². The van der Waals surface area contributed by atoms with Gasteiger partial charge in [0.25, 0.3) is 11.8 Å². The minimum absolute atomic E-state index is 0.0301. The van der Waals surface area contributed by atoms with Gasteiger partial charge < -0.3 is 41.7 Å². The van der Waals surface area contributed by atoms with Crippen LogP contribution in [0.4, 0.5) is 0 Å². The van der Waals surface area contributed by atoms with Gasteiger partial charge in [0.15, 0.2) is 0 Å². The molecule has 2 aliphatic rings. The Morgan fingerprint density at radius 1 is 0.679 bits per heavy atom. The molecule has 6 atom stereocenters. The van der Waals surface area contributed by atoms with E-state index in [-0.39, 0.29) is 84.8 Å². The quantitative estimate of drug-likeness (QED) is 0.122. The first-order valence-electron chi connectivity index (χ1n) is 18.9. The second-order valence-corrected chi connectivity index (χ2v) is 13.7. The molecule has 0 aliphatic carbocycles. The highest BCUT2D eigenvalue weighted by atomic mass is 16.2. The van der Waals surface area contributed by atoms with Gasteiger partial charge in [-0.3, -0.25) is 38.7 Å². The molecule has 4 rings (SSSR count). The van der Waals surface area contributed by atoms with Gasteiger partial charge in [-0.25, -0.2) is 0 Å². The average Bonchev–Trinajstić information content (AvgIpc) is 3.91. The van der Waals surface area contributed by atoms with E-state index in [0.29, 0.717) is 25.9 Å². The van der Waals surface area contributed by atoms with Crippen molar-refractivity contribution in [2.45, 2.75) is 88.6 Å². The number of nitrogens with zero attached hydrogens (tertiary/aromatic N) is 4. The lowest BCUT2D eigenvalue weighted by molar-refractivity contribution is -0.137. The van der Waals surface area contributed by atoms with Crippen molar-refractivity contribution < 1.29 is 28.8 Å². The Kier molecular flexibility index (Phi) is 16.8. The van der Waals surface area contributed by atoms with Gasteiger partial charge in [-0.15, -0.1) is 0 Å². The van der Waals surface area contributed by atoms with Gasteiger partial charge in [0.05, 0.1) is 12.1 Å². The maximum Gasteiger partial charge on any atom is 0.269 e. The number of hydrogen-bond acceptors (Lipinski definition) is 10. The van der Waals surface area contributed by atoms with Crippen molar-refractivity contribution in [3.8, 4) is 23.7 Å². The molecule has 2 aromatic rings. The van der Waals surface area contributed by atoms with Crippen LogP contribution in [0, 0.1) is 23.7 Å². The molecule has 2 aromatic heterocycles. The summed E-state index contributed by atoms with van der Waals surface area (Å²) >= 11 is 0. The molecule has 4 heterocycles. The van der Waals surface area contributed by atoms with Crippen molar-refractivity contribution in [3.63, 3.8) is 0 Å². The van der Waals surface area contributed by atoms with Gasteiger partial charge in [-0.05, 0) is 89.7 Å². The van der Waals surface area contributed by atoms with Crippen LogP contribution in [-0.2, 0) is 19.2 Å². The van der Waals surface area contributed by atoms with Crippen molar-refractivity contribution in [3.05, 3.63) is 60.2 Å². The summed E-state index contributed by atoms with van der Waals surface area (Å²) in [6.45, 7) is 4.74. The Morgan fingerprint density at radius 2 is 1.09 bits per heavy atom. The number of nitrogens with one attached hydrogen (secondary N) is 6. The predicted octanol–water partition coefficient (Wildman–Crippen LogP) is -0.409. The zero-order valence-corrected chi connectivity index (χ0v) is 32.4. The number of hydrogen-bond donors (Lipinski definition) is 6. The van der Waals surface area contributed by atoms with Gasteiger partial charge >= 0.3 is 0 Å². The molecule has 56 heavy (non-hydrogen) atoms. The van der Waals surface area contributed by atoms with Crippen LogP contribution in [0.1, 0.15) is 73.3 Å². The number of pyridine rings is 2. The van der Waals surface area contributed by atoms with E-state index in [9.17, 15) is 28.8 Å². The molecule has 2 aliphatic heterocycles. The maximum absolute atomic E-state index is 13.8. The largest absolute Gasteiger partial charge is 0.349 e. The van der Waals surface area contributed by atoms with Gasteiger partial charge in [0.2, 0.25) is 23.6 Å². The molecule has 0 radical (unpaired) electrons. The van der Waals surface area contributed by atoms with E-state index in [0.717, 1.165) is 12.8 Å². The van der Waals surface area contributed by atoms with Crippen LogP contribution in [0.3, 0.4) is 0 Å². The summed E-state index contributed by atoms with van der Waals surface area (Å²) in [6, 6.07) is 6.50. The monoisotopic (exact) mass is 768 g/mol. The van der Waals surface area contributed by atoms with Gasteiger partial charge in [0.1, 0.15) is 23.5 Å². The first kappa shape index (κ1) is 42.9. The minimum Gasteiger partial charge on any atom is -0.349 e. The van der Waals surface area contributed by atoms with Gasteiger partial charge in [-0.1, -0.05) is 24.0 Å². The smallest absolute Gasteiger partial charge is 0.269 e. The molecule has 6 N–H and O–H groups in total. The van der Waals surface area contributed by atoms with Gasteiger partial charge in [-0.2, -0.15) is 0 Å². The first-order chi connectivity index (χ1) is 27.0. The van der Waals surface area contributed by atoms with Crippen LogP contribution in [0.15, 0.2) is 48.8 Å². The Hall–Kier alpha value is -5.84. The number of carbonyl (C=O) groups excluding carboxylic acids is 6. The molecule has 0 spiro atoms. The standard InChI is InChI=1S/C40H52N10O6/c1-27(41-3)35(51)47-33(39(55)49-23-13-15-29(49)25-45-37(53)31-17-9-11-21-43-31)19-7-5-6-8-20-34(48-36(52)28(2)42-4)40(56)50-24-14-16-30(50)26-46-38(54)32-18-10-12-22-44-32/h9-12,17-18,21-22,27-30,33-34,41-42H,13-16,19-20,23-26H2,1-4H3,(H,45,53)(H,46,54)(H,47,51)(H,48,52)/t27-,28-,29-,30-,33-,34-/m0/s1. The molecule has 0 bridgehead atoms. The molecule has 2 saturated heterocycles. The van der Waals surface area contributed by atoms with Crippen LogP contribution in [0.5, 0.6) is 0 Å². The fourth-order valence-corrected chi connectivity index (χ4v) is 6.32. The Bertz CT molecular complexity index is 1670. The topological polar surface area (TPSA) is 207 Å². The third-order valence-corrected chi connectivity index (χ3v) is 9.85. The number of rotatable bonds is 16. The second-order valence-electron chi connectivity index (χ2n) is 13.7. The summed E-state index contributed by atoms with van der Waals surface area (Å²) in [5.74, 6) is 9.20. The van der Waals surface area contributed by atoms with E-state index in [2.05, 4.69) is 65.6 Å². The molecule has 16 heteroatoms.